The third-order valence-corrected chi connectivity index (χ3v) is 6.69. The number of benzene rings is 2. The van der Waals surface area contributed by atoms with Crippen molar-refractivity contribution in [3.8, 4) is 0 Å². The van der Waals surface area contributed by atoms with Crippen LogP contribution in [0.15, 0.2) is 59.5 Å². The van der Waals surface area contributed by atoms with Gasteiger partial charge in [-0.05, 0) is 55.0 Å². The average molecular weight is 410 g/mol. The molecule has 4 nitrogen and oxygen atoms in total. The van der Waals surface area contributed by atoms with Crippen LogP contribution in [0.2, 0.25) is 5.02 Å². The third-order valence-electron chi connectivity index (χ3n) is 4.47. The summed E-state index contributed by atoms with van der Waals surface area (Å²) >= 11 is 5.90. The van der Waals surface area contributed by atoms with E-state index in [9.17, 15) is 13.5 Å². The number of halogens is 1. The van der Waals surface area contributed by atoms with Crippen molar-refractivity contribution in [2.24, 2.45) is 5.92 Å². The largest absolute Gasteiger partial charge is 0.395 e. The van der Waals surface area contributed by atoms with E-state index < -0.39 is 16.1 Å². The van der Waals surface area contributed by atoms with Crippen molar-refractivity contribution >= 4 is 21.6 Å². The zero-order valence-corrected chi connectivity index (χ0v) is 17.5. The molecule has 6 heteroatoms. The molecule has 0 heterocycles. The van der Waals surface area contributed by atoms with Crippen molar-refractivity contribution in [3.63, 3.8) is 0 Å². The molecule has 27 heavy (non-hydrogen) atoms. The lowest BCUT2D eigenvalue weighted by Gasteiger charge is -2.31. The van der Waals surface area contributed by atoms with E-state index in [1.807, 2.05) is 44.2 Å². The van der Waals surface area contributed by atoms with Gasteiger partial charge in [-0.25, -0.2) is 8.42 Å². The van der Waals surface area contributed by atoms with Gasteiger partial charge in [-0.3, -0.25) is 0 Å². The summed E-state index contributed by atoms with van der Waals surface area (Å²) in [6.45, 7) is 4.22. The van der Waals surface area contributed by atoms with Crippen LogP contribution in [0.5, 0.6) is 0 Å². The van der Waals surface area contributed by atoms with Crippen molar-refractivity contribution in [2.75, 3.05) is 13.2 Å². The zero-order valence-electron chi connectivity index (χ0n) is 15.9. The van der Waals surface area contributed by atoms with Gasteiger partial charge in [0.25, 0.3) is 0 Å². The highest BCUT2D eigenvalue weighted by atomic mass is 35.5. The Morgan fingerprint density at radius 1 is 1.04 bits per heavy atom. The quantitative estimate of drug-likeness (QED) is 0.633. The Balaban J connectivity index is 2.23. The van der Waals surface area contributed by atoms with Crippen LogP contribution in [0, 0.1) is 5.92 Å². The zero-order chi connectivity index (χ0) is 19.9. The molecule has 0 spiro atoms. The first-order chi connectivity index (χ1) is 12.8. The van der Waals surface area contributed by atoms with Crippen LogP contribution in [-0.4, -0.2) is 37.0 Å². The van der Waals surface area contributed by atoms with Crippen LogP contribution in [0.1, 0.15) is 32.3 Å². The fourth-order valence-corrected chi connectivity index (χ4v) is 4.94. The molecule has 0 saturated heterocycles. The lowest BCUT2D eigenvalue weighted by Crippen LogP contribution is -2.43. The maximum atomic E-state index is 13.2. The van der Waals surface area contributed by atoms with Crippen LogP contribution in [0.4, 0.5) is 0 Å². The lowest BCUT2D eigenvalue weighted by atomic mass is 10.0. The van der Waals surface area contributed by atoms with Gasteiger partial charge < -0.3 is 5.11 Å². The minimum absolute atomic E-state index is 0.198. The maximum Gasteiger partial charge on any atom is 0.243 e. The summed E-state index contributed by atoms with van der Waals surface area (Å²) in [4.78, 5) is 0.203. The smallest absolute Gasteiger partial charge is 0.243 e. The van der Waals surface area contributed by atoms with Crippen molar-refractivity contribution in [1.82, 2.24) is 4.31 Å². The van der Waals surface area contributed by atoms with Gasteiger partial charge in [-0.2, -0.15) is 4.31 Å². The number of hydrogen-bond acceptors (Lipinski definition) is 3. The molecule has 2 rings (SSSR count). The molecule has 0 aliphatic carbocycles. The number of rotatable bonds is 10. The SMILES string of the molecule is CC(C)C[C@H](CO)N(CCCc1ccccc1)S(=O)(=O)c1ccc(Cl)cc1. The van der Waals surface area contributed by atoms with Gasteiger partial charge >= 0.3 is 0 Å². The second kappa shape index (κ2) is 10.2. The lowest BCUT2D eigenvalue weighted by molar-refractivity contribution is 0.167. The predicted molar refractivity (Wildman–Crippen MR) is 110 cm³/mol. The van der Waals surface area contributed by atoms with Crippen LogP contribution in [-0.2, 0) is 16.4 Å². The summed E-state index contributed by atoms with van der Waals surface area (Å²) in [7, 11) is -3.71. The Morgan fingerprint density at radius 2 is 1.67 bits per heavy atom. The summed E-state index contributed by atoms with van der Waals surface area (Å²) in [5.74, 6) is 0.277. The molecule has 1 atom stereocenters. The van der Waals surface area contributed by atoms with E-state index in [-0.39, 0.29) is 17.4 Å². The molecule has 2 aromatic carbocycles. The molecule has 0 aliphatic rings. The molecule has 0 unspecified atom stereocenters. The van der Waals surface area contributed by atoms with Crippen molar-refractivity contribution in [2.45, 2.75) is 44.0 Å². The Hall–Kier alpha value is -1.40. The third kappa shape index (κ3) is 6.32. The molecule has 0 amide bonds. The molecule has 0 bridgehead atoms. The molecule has 2 aromatic rings. The molecular weight excluding hydrogens is 382 g/mol. The van der Waals surface area contributed by atoms with E-state index in [0.29, 0.717) is 24.4 Å². The monoisotopic (exact) mass is 409 g/mol. The Bertz CT molecular complexity index is 792. The number of hydrogen-bond donors (Lipinski definition) is 1. The summed E-state index contributed by atoms with van der Waals surface area (Å²) in [6.07, 6.45) is 2.08. The van der Waals surface area contributed by atoms with Crippen LogP contribution < -0.4 is 0 Å². The van der Waals surface area contributed by atoms with Gasteiger partial charge in [0.2, 0.25) is 10.0 Å². The maximum absolute atomic E-state index is 13.2. The fraction of sp³-hybridized carbons (Fsp3) is 0.429. The molecule has 0 radical (unpaired) electrons. The Kier molecular flexibility index (Phi) is 8.29. The van der Waals surface area contributed by atoms with E-state index in [0.717, 1.165) is 6.42 Å². The summed E-state index contributed by atoms with van der Waals surface area (Å²) < 4.78 is 27.9. The topological polar surface area (TPSA) is 57.6 Å². The number of aliphatic hydroxyl groups excluding tert-OH is 1. The molecular formula is C21H28ClNO3S. The number of aliphatic hydroxyl groups is 1. The second-order valence-corrected chi connectivity index (χ2v) is 9.45. The summed E-state index contributed by atoms with van der Waals surface area (Å²) in [6, 6.07) is 15.7. The van der Waals surface area contributed by atoms with Crippen LogP contribution >= 0.6 is 11.6 Å². The van der Waals surface area contributed by atoms with Gasteiger partial charge in [-0.15, -0.1) is 0 Å². The van der Waals surface area contributed by atoms with Crippen molar-refractivity contribution in [1.29, 1.82) is 0 Å². The highest BCUT2D eigenvalue weighted by molar-refractivity contribution is 7.89. The van der Waals surface area contributed by atoms with Crippen molar-refractivity contribution < 1.29 is 13.5 Å². The van der Waals surface area contributed by atoms with Gasteiger partial charge in [0.1, 0.15) is 0 Å². The number of sulfonamides is 1. The second-order valence-electron chi connectivity index (χ2n) is 7.12. The number of aryl methyl sites for hydroxylation is 1. The normalized spacial score (nSPS) is 13.3. The molecule has 0 saturated carbocycles. The Morgan fingerprint density at radius 3 is 2.22 bits per heavy atom. The van der Waals surface area contributed by atoms with E-state index in [1.54, 1.807) is 12.1 Å². The van der Waals surface area contributed by atoms with Gasteiger partial charge in [0, 0.05) is 17.6 Å². The van der Waals surface area contributed by atoms with Crippen molar-refractivity contribution in [3.05, 3.63) is 65.2 Å². The molecule has 0 aromatic heterocycles. The van der Waals surface area contributed by atoms with Gasteiger partial charge in [0.05, 0.1) is 11.5 Å². The van der Waals surface area contributed by atoms with Gasteiger partial charge in [-0.1, -0.05) is 55.8 Å². The molecule has 1 N–H and O–H groups in total. The van der Waals surface area contributed by atoms with E-state index in [4.69, 9.17) is 11.6 Å². The first kappa shape index (κ1) is 21.9. The standard InChI is InChI=1S/C21H28ClNO3S/c1-17(2)15-20(16-24)23(14-6-9-18-7-4-3-5-8-18)27(25,26)21-12-10-19(22)11-13-21/h3-5,7-8,10-13,17,20,24H,6,9,14-16H2,1-2H3/t20-/m1/s1. The molecule has 148 valence electrons. The summed E-state index contributed by atoms with van der Waals surface area (Å²) in [5, 5.41) is 10.4. The minimum atomic E-state index is -3.71. The highest BCUT2D eigenvalue weighted by Crippen LogP contribution is 2.24. The predicted octanol–water partition coefficient (Wildman–Crippen LogP) is 4.37. The van der Waals surface area contributed by atoms with Gasteiger partial charge in [0.15, 0.2) is 0 Å². The van der Waals surface area contributed by atoms with E-state index in [2.05, 4.69) is 0 Å². The fourth-order valence-electron chi connectivity index (χ4n) is 3.15. The molecule has 0 aliphatic heterocycles. The highest BCUT2D eigenvalue weighted by Gasteiger charge is 2.31. The first-order valence-electron chi connectivity index (χ1n) is 9.26. The molecule has 0 fully saturated rings. The average Bonchev–Trinajstić information content (AvgIpc) is 2.64. The van der Waals surface area contributed by atoms with Crippen LogP contribution in [0.3, 0.4) is 0 Å². The first-order valence-corrected chi connectivity index (χ1v) is 11.1. The number of nitrogens with zero attached hydrogens (tertiary/aromatic N) is 1. The summed E-state index contributed by atoms with van der Waals surface area (Å²) in [5.41, 5.74) is 1.17. The Labute approximate surface area is 167 Å². The van der Waals surface area contributed by atoms with Crippen LogP contribution in [0.25, 0.3) is 0 Å². The van der Waals surface area contributed by atoms with E-state index >= 15 is 0 Å². The minimum Gasteiger partial charge on any atom is -0.395 e. The van der Waals surface area contributed by atoms with E-state index in [1.165, 1.54) is 22.0 Å².